The highest BCUT2D eigenvalue weighted by Gasteiger charge is 2.34. The summed E-state index contributed by atoms with van der Waals surface area (Å²) in [6.07, 6.45) is 1.20. The Morgan fingerprint density at radius 2 is 2.14 bits per heavy atom. The van der Waals surface area contributed by atoms with Gasteiger partial charge in [0.25, 0.3) is 0 Å². The molecule has 14 heavy (non-hydrogen) atoms. The van der Waals surface area contributed by atoms with Gasteiger partial charge in [0.2, 0.25) is 0 Å². The molecule has 0 radical (unpaired) electrons. The normalized spacial score (nSPS) is 24.0. The lowest BCUT2D eigenvalue weighted by Gasteiger charge is -2.38. The third-order valence-corrected chi connectivity index (χ3v) is 2.83. The fourth-order valence-electron chi connectivity index (χ4n) is 1.41. The fourth-order valence-corrected chi connectivity index (χ4v) is 1.41. The first-order valence-corrected chi connectivity index (χ1v) is 5.43. The highest BCUT2D eigenvalue weighted by molar-refractivity contribution is 4.80. The highest BCUT2D eigenvalue weighted by atomic mass is 16.6. The first-order chi connectivity index (χ1) is 6.56. The summed E-state index contributed by atoms with van der Waals surface area (Å²) in [5.74, 6) is 0.524. The Morgan fingerprint density at radius 1 is 1.50 bits per heavy atom. The maximum absolute atomic E-state index is 9.57. The van der Waals surface area contributed by atoms with Crippen molar-refractivity contribution in [3.63, 3.8) is 0 Å². The summed E-state index contributed by atoms with van der Waals surface area (Å²) in [6.45, 7) is 8.47. The maximum atomic E-state index is 9.57. The molecule has 1 N–H and O–H groups in total. The molecule has 1 rings (SSSR count). The van der Waals surface area contributed by atoms with Crippen molar-refractivity contribution in [3.8, 4) is 0 Å². The van der Waals surface area contributed by atoms with Crippen LogP contribution in [-0.2, 0) is 9.47 Å². The Bertz CT molecular complexity index is 166. The van der Waals surface area contributed by atoms with Gasteiger partial charge in [-0.25, -0.2) is 0 Å². The van der Waals surface area contributed by atoms with Crippen molar-refractivity contribution in [1.29, 1.82) is 0 Å². The van der Waals surface area contributed by atoms with Gasteiger partial charge in [0.05, 0.1) is 19.8 Å². The largest absolute Gasteiger partial charge is 0.380 e. The van der Waals surface area contributed by atoms with E-state index in [-0.39, 0.29) is 5.41 Å². The topological polar surface area (TPSA) is 38.7 Å². The van der Waals surface area contributed by atoms with Gasteiger partial charge in [0.1, 0.15) is 0 Å². The standard InChI is InChI=1S/C11H22O3/c1-4-9(2)5-10(12)14-8-11(3)6-13-7-11/h9-10,12H,4-8H2,1-3H3. The van der Waals surface area contributed by atoms with E-state index in [2.05, 4.69) is 20.8 Å². The van der Waals surface area contributed by atoms with Gasteiger partial charge in [-0.1, -0.05) is 27.2 Å². The summed E-state index contributed by atoms with van der Waals surface area (Å²) in [7, 11) is 0. The van der Waals surface area contributed by atoms with E-state index >= 15 is 0 Å². The Balaban J connectivity index is 2.11. The average molecular weight is 202 g/mol. The van der Waals surface area contributed by atoms with Gasteiger partial charge in [-0.05, 0) is 5.92 Å². The lowest BCUT2D eigenvalue weighted by atomic mass is 9.90. The molecule has 0 bridgehead atoms. The van der Waals surface area contributed by atoms with Crippen LogP contribution in [0.25, 0.3) is 0 Å². The molecule has 3 nitrogen and oxygen atoms in total. The Morgan fingerprint density at radius 3 is 2.57 bits per heavy atom. The van der Waals surface area contributed by atoms with E-state index in [1.807, 2.05) is 0 Å². The molecule has 84 valence electrons. The van der Waals surface area contributed by atoms with Crippen LogP contribution in [-0.4, -0.2) is 31.2 Å². The molecule has 0 aromatic heterocycles. The van der Waals surface area contributed by atoms with Crippen LogP contribution in [0.15, 0.2) is 0 Å². The van der Waals surface area contributed by atoms with Crippen molar-refractivity contribution in [2.45, 2.75) is 39.9 Å². The van der Waals surface area contributed by atoms with Crippen LogP contribution in [0.1, 0.15) is 33.6 Å². The van der Waals surface area contributed by atoms with Crippen LogP contribution < -0.4 is 0 Å². The zero-order valence-electron chi connectivity index (χ0n) is 9.45. The molecule has 2 atom stereocenters. The molecule has 0 aliphatic carbocycles. The Labute approximate surface area is 86.4 Å². The van der Waals surface area contributed by atoms with Crippen LogP contribution in [0.4, 0.5) is 0 Å². The second-order valence-corrected chi connectivity index (χ2v) is 4.82. The molecule has 1 saturated heterocycles. The lowest BCUT2D eigenvalue weighted by molar-refractivity contribution is -0.189. The predicted octanol–water partition coefficient (Wildman–Crippen LogP) is 1.79. The summed E-state index contributed by atoms with van der Waals surface area (Å²) in [5.41, 5.74) is 0.135. The number of hydrogen-bond acceptors (Lipinski definition) is 3. The minimum Gasteiger partial charge on any atom is -0.380 e. The SMILES string of the molecule is CCC(C)CC(O)OCC1(C)COC1. The van der Waals surface area contributed by atoms with E-state index in [0.717, 1.165) is 26.1 Å². The fraction of sp³-hybridized carbons (Fsp3) is 1.00. The molecule has 1 aliphatic rings. The van der Waals surface area contributed by atoms with Crippen molar-refractivity contribution in [2.24, 2.45) is 11.3 Å². The summed E-state index contributed by atoms with van der Waals surface area (Å²) in [5, 5.41) is 9.57. The Kier molecular flexibility index (Phi) is 4.35. The van der Waals surface area contributed by atoms with Crippen molar-refractivity contribution in [1.82, 2.24) is 0 Å². The summed E-state index contributed by atoms with van der Waals surface area (Å²) in [6, 6.07) is 0. The molecule has 0 aromatic rings. The second kappa shape index (κ2) is 5.10. The number of hydrogen-bond donors (Lipinski definition) is 1. The first-order valence-electron chi connectivity index (χ1n) is 5.43. The van der Waals surface area contributed by atoms with Gasteiger partial charge in [0, 0.05) is 11.8 Å². The minimum absolute atomic E-state index is 0.135. The quantitative estimate of drug-likeness (QED) is 0.667. The number of aliphatic hydroxyl groups is 1. The van der Waals surface area contributed by atoms with E-state index in [4.69, 9.17) is 9.47 Å². The third-order valence-electron chi connectivity index (χ3n) is 2.83. The first kappa shape index (κ1) is 12.0. The van der Waals surface area contributed by atoms with Gasteiger partial charge < -0.3 is 14.6 Å². The number of ether oxygens (including phenoxy) is 2. The average Bonchev–Trinajstić information content (AvgIpc) is 2.11. The summed E-state index contributed by atoms with van der Waals surface area (Å²) < 4.78 is 10.5. The summed E-state index contributed by atoms with van der Waals surface area (Å²) in [4.78, 5) is 0. The molecule has 2 unspecified atom stereocenters. The Hall–Kier alpha value is -0.120. The smallest absolute Gasteiger partial charge is 0.154 e. The zero-order chi connectivity index (χ0) is 10.6. The van der Waals surface area contributed by atoms with E-state index in [1.54, 1.807) is 0 Å². The van der Waals surface area contributed by atoms with Crippen molar-refractivity contribution < 1.29 is 14.6 Å². The van der Waals surface area contributed by atoms with Gasteiger partial charge in [-0.15, -0.1) is 0 Å². The molecule has 3 heteroatoms. The highest BCUT2D eigenvalue weighted by Crippen LogP contribution is 2.27. The molecule has 1 aliphatic heterocycles. The van der Waals surface area contributed by atoms with Gasteiger partial charge in [-0.2, -0.15) is 0 Å². The summed E-state index contributed by atoms with van der Waals surface area (Å²) >= 11 is 0. The van der Waals surface area contributed by atoms with Crippen LogP contribution in [0, 0.1) is 11.3 Å². The van der Waals surface area contributed by atoms with Crippen LogP contribution in [0.3, 0.4) is 0 Å². The van der Waals surface area contributed by atoms with Crippen molar-refractivity contribution in [2.75, 3.05) is 19.8 Å². The zero-order valence-corrected chi connectivity index (χ0v) is 9.45. The third kappa shape index (κ3) is 3.56. The van der Waals surface area contributed by atoms with E-state index < -0.39 is 6.29 Å². The van der Waals surface area contributed by atoms with Crippen molar-refractivity contribution in [3.05, 3.63) is 0 Å². The molecule has 0 spiro atoms. The number of aliphatic hydroxyl groups excluding tert-OH is 1. The van der Waals surface area contributed by atoms with Crippen LogP contribution in [0.2, 0.25) is 0 Å². The van der Waals surface area contributed by atoms with Gasteiger partial charge in [0.15, 0.2) is 6.29 Å². The van der Waals surface area contributed by atoms with Gasteiger partial charge in [-0.3, -0.25) is 0 Å². The maximum Gasteiger partial charge on any atom is 0.154 e. The van der Waals surface area contributed by atoms with Crippen LogP contribution in [0.5, 0.6) is 0 Å². The molecular formula is C11H22O3. The number of rotatable bonds is 6. The van der Waals surface area contributed by atoms with E-state index in [9.17, 15) is 5.11 Å². The lowest BCUT2D eigenvalue weighted by Crippen LogP contribution is -2.44. The molecule has 0 aromatic carbocycles. The van der Waals surface area contributed by atoms with Crippen molar-refractivity contribution >= 4 is 0 Å². The van der Waals surface area contributed by atoms with E-state index in [0.29, 0.717) is 12.5 Å². The molecule has 0 amide bonds. The molecule has 0 saturated carbocycles. The molecular weight excluding hydrogens is 180 g/mol. The molecule has 1 heterocycles. The minimum atomic E-state index is -0.609. The predicted molar refractivity (Wildman–Crippen MR) is 55.0 cm³/mol. The monoisotopic (exact) mass is 202 g/mol. The van der Waals surface area contributed by atoms with E-state index in [1.165, 1.54) is 0 Å². The van der Waals surface area contributed by atoms with Gasteiger partial charge >= 0.3 is 0 Å². The van der Waals surface area contributed by atoms with Crippen LogP contribution >= 0.6 is 0 Å². The second-order valence-electron chi connectivity index (χ2n) is 4.82. The molecule has 1 fully saturated rings.